The lowest BCUT2D eigenvalue weighted by atomic mass is 10.2. The van der Waals surface area contributed by atoms with Gasteiger partial charge in [-0.15, -0.1) is 0 Å². The Balaban J connectivity index is 1.68. The zero-order valence-corrected chi connectivity index (χ0v) is 11.9. The Morgan fingerprint density at radius 1 is 1.24 bits per heavy atom. The van der Waals surface area contributed by atoms with E-state index in [-0.39, 0.29) is 11.7 Å². The second-order valence-corrected chi connectivity index (χ2v) is 5.23. The van der Waals surface area contributed by atoms with Gasteiger partial charge in [-0.05, 0) is 31.9 Å². The highest BCUT2D eigenvalue weighted by Crippen LogP contribution is 2.20. The van der Waals surface area contributed by atoms with Crippen LogP contribution in [-0.4, -0.2) is 36.0 Å². The van der Waals surface area contributed by atoms with E-state index in [4.69, 9.17) is 9.15 Å². The maximum Gasteiger partial charge on any atom is 0.375 e. The normalized spacial score (nSPS) is 16.1. The minimum atomic E-state index is -0.788. The number of hydrogen-bond acceptors (Lipinski definition) is 4. The highest BCUT2D eigenvalue weighted by atomic mass is 16.6. The maximum absolute atomic E-state index is 12.1. The van der Waals surface area contributed by atoms with Gasteiger partial charge in [0.1, 0.15) is 5.58 Å². The van der Waals surface area contributed by atoms with Crippen LogP contribution in [0, 0.1) is 0 Å². The fourth-order valence-electron chi connectivity index (χ4n) is 2.55. The summed E-state index contributed by atoms with van der Waals surface area (Å²) in [4.78, 5) is 25.9. The molecule has 2 heterocycles. The SMILES string of the molecule is C[C@H](OC(=O)c1cc2ccccc2o1)C(=O)N1CCCC1. The molecule has 5 nitrogen and oxygen atoms in total. The molecule has 0 bridgehead atoms. The number of amides is 1. The first-order chi connectivity index (χ1) is 10.1. The predicted molar refractivity (Wildman–Crippen MR) is 76.9 cm³/mol. The van der Waals surface area contributed by atoms with Crippen molar-refractivity contribution in [1.29, 1.82) is 0 Å². The van der Waals surface area contributed by atoms with Crippen molar-refractivity contribution in [1.82, 2.24) is 4.90 Å². The molecule has 110 valence electrons. The van der Waals surface area contributed by atoms with Gasteiger partial charge in [-0.3, -0.25) is 4.79 Å². The summed E-state index contributed by atoms with van der Waals surface area (Å²) >= 11 is 0. The summed E-state index contributed by atoms with van der Waals surface area (Å²) < 4.78 is 10.7. The largest absolute Gasteiger partial charge is 0.449 e. The number of esters is 1. The third kappa shape index (κ3) is 2.77. The summed E-state index contributed by atoms with van der Waals surface area (Å²) in [5.74, 6) is -0.625. The molecule has 0 N–H and O–H groups in total. The number of ether oxygens (including phenoxy) is 1. The van der Waals surface area contributed by atoms with Crippen LogP contribution in [0.5, 0.6) is 0 Å². The standard InChI is InChI=1S/C16H17NO4/c1-11(15(18)17-8-4-5-9-17)20-16(19)14-10-12-6-2-3-7-13(12)21-14/h2-3,6-7,10-11H,4-5,8-9H2,1H3/t11-/m0/s1. The quantitative estimate of drug-likeness (QED) is 0.814. The molecule has 5 heteroatoms. The number of nitrogens with zero attached hydrogens (tertiary/aromatic N) is 1. The zero-order chi connectivity index (χ0) is 14.8. The van der Waals surface area contributed by atoms with Gasteiger partial charge in [0.2, 0.25) is 5.76 Å². The molecule has 0 aliphatic carbocycles. The van der Waals surface area contributed by atoms with Gasteiger partial charge in [0.25, 0.3) is 5.91 Å². The Hall–Kier alpha value is -2.30. The number of carbonyl (C=O) groups is 2. The first-order valence-electron chi connectivity index (χ1n) is 7.13. The van der Waals surface area contributed by atoms with Gasteiger partial charge >= 0.3 is 5.97 Å². The molecule has 0 radical (unpaired) electrons. The molecule has 1 aromatic heterocycles. The molecule has 1 fully saturated rings. The van der Waals surface area contributed by atoms with E-state index in [1.165, 1.54) is 0 Å². The second kappa shape index (κ2) is 5.60. The summed E-state index contributed by atoms with van der Waals surface area (Å²) in [7, 11) is 0. The number of benzene rings is 1. The highest BCUT2D eigenvalue weighted by Gasteiger charge is 2.27. The molecule has 1 aliphatic heterocycles. The maximum atomic E-state index is 12.1. The Morgan fingerprint density at radius 2 is 1.95 bits per heavy atom. The Morgan fingerprint density at radius 3 is 2.67 bits per heavy atom. The van der Waals surface area contributed by atoms with Gasteiger partial charge in [0.15, 0.2) is 6.10 Å². The van der Waals surface area contributed by atoms with E-state index >= 15 is 0 Å². The molecule has 1 aromatic carbocycles. The topological polar surface area (TPSA) is 59.8 Å². The van der Waals surface area contributed by atoms with Gasteiger partial charge in [-0.2, -0.15) is 0 Å². The van der Waals surface area contributed by atoms with Crippen LogP contribution in [-0.2, 0) is 9.53 Å². The van der Waals surface area contributed by atoms with E-state index < -0.39 is 12.1 Å². The summed E-state index contributed by atoms with van der Waals surface area (Å²) in [6, 6.07) is 8.97. The van der Waals surface area contributed by atoms with Crippen molar-refractivity contribution in [2.24, 2.45) is 0 Å². The van der Waals surface area contributed by atoms with Crippen LogP contribution in [0.15, 0.2) is 34.7 Å². The number of carbonyl (C=O) groups excluding carboxylic acids is 2. The number of rotatable bonds is 3. The molecular weight excluding hydrogens is 270 g/mol. The summed E-state index contributed by atoms with van der Waals surface area (Å²) in [5.41, 5.74) is 0.628. The lowest BCUT2D eigenvalue weighted by Crippen LogP contribution is -2.38. The van der Waals surface area contributed by atoms with E-state index in [1.807, 2.05) is 18.2 Å². The van der Waals surface area contributed by atoms with Crippen LogP contribution in [0.2, 0.25) is 0 Å². The molecule has 3 rings (SSSR count). The number of furan rings is 1. The molecule has 1 saturated heterocycles. The molecule has 1 atom stereocenters. The first kappa shape index (κ1) is 13.7. The highest BCUT2D eigenvalue weighted by molar-refractivity contribution is 5.94. The first-order valence-corrected chi connectivity index (χ1v) is 7.13. The Bertz CT molecular complexity index is 637. The van der Waals surface area contributed by atoms with Crippen molar-refractivity contribution < 1.29 is 18.7 Å². The van der Waals surface area contributed by atoms with Crippen molar-refractivity contribution in [3.8, 4) is 0 Å². The second-order valence-electron chi connectivity index (χ2n) is 5.23. The number of likely N-dealkylation sites (tertiary alicyclic amines) is 1. The Kier molecular flexibility index (Phi) is 3.64. The van der Waals surface area contributed by atoms with E-state index in [1.54, 1.807) is 24.0 Å². The van der Waals surface area contributed by atoms with Crippen molar-refractivity contribution >= 4 is 22.8 Å². The monoisotopic (exact) mass is 287 g/mol. The van der Waals surface area contributed by atoms with Gasteiger partial charge in [-0.25, -0.2) is 4.79 Å². The van der Waals surface area contributed by atoms with Gasteiger partial charge < -0.3 is 14.1 Å². The minimum Gasteiger partial charge on any atom is -0.449 e. The van der Waals surface area contributed by atoms with E-state index in [0.29, 0.717) is 5.58 Å². The lowest BCUT2D eigenvalue weighted by molar-refractivity contribution is -0.138. The van der Waals surface area contributed by atoms with E-state index in [0.717, 1.165) is 31.3 Å². The fourth-order valence-corrected chi connectivity index (χ4v) is 2.55. The van der Waals surface area contributed by atoms with Crippen LogP contribution in [0.3, 0.4) is 0 Å². The molecule has 1 aliphatic rings. The zero-order valence-electron chi connectivity index (χ0n) is 11.9. The summed E-state index contributed by atoms with van der Waals surface area (Å²) in [6.07, 6.45) is 1.23. The average molecular weight is 287 g/mol. The van der Waals surface area contributed by atoms with Crippen molar-refractivity contribution in [3.63, 3.8) is 0 Å². The van der Waals surface area contributed by atoms with Gasteiger partial charge in [0, 0.05) is 18.5 Å². The molecular formula is C16H17NO4. The summed E-state index contributed by atoms with van der Waals surface area (Å²) in [6.45, 7) is 3.08. The number of hydrogen-bond donors (Lipinski definition) is 0. The predicted octanol–water partition coefficient (Wildman–Crippen LogP) is 2.60. The van der Waals surface area contributed by atoms with Gasteiger partial charge in [-0.1, -0.05) is 18.2 Å². The third-order valence-electron chi connectivity index (χ3n) is 3.68. The minimum absolute atomic E-state index is 0.122. The van der Waals surface area contributed by atoms with Crippen LogP contribution in [0.25, 0.3) is 11.0 Å². The fraction of sp³-hybridized carbons (Fsp3) is 0.375. The smallest absolute Gasteiger partial charge is 0.375 e. The Labute approximate surface area is 122 Å². The molecule has 0 unspecified atom stereocenters. The van der Waals surface area contributed by atoms with Gasteiger partial charge in [0.05, 0.1) is 0 Å². The van der Waals surface area contributed by atoms with E-state index in [9.17, 15) is 9.59 Å². The molecule has 0 spiro atoms. The number of fused-ring (bicyclic) bond motifs is 1. The van der Waals surface area contributed by atoms with Crippen LogP contribution in [0.4, 0.5) is 0 Å². The number of para-hydroxylation sites is 1. The van der Waals surface area contributed by atoms with Crippen LogP contribution < -0.4 is 0 Å². The molecule has 0 saturated carbocycles. The molecule has 1 amide bonds. The van der Waals surface area contributed by atoms with Crippen molar-refractivity contribution in [2.75, 3.05) is 13.1 Å². The average Bonchev–Trinajstić information content (AvgIpc) is 3.15. The van der Waals surface area contributed by atoms with Crippen molar-refractivity contribution in [2.45, 2.75) is 25.9 Å². The summed E-state index contributed by atoms with van der Waals surface area (Å²) in [5, 5.41) is 0.836. The third-order valence-corrected chi connectivity index (χ3v) is 3.68. The van der Waals surface area contributed by atoms with E-state index in [2.05, 4.69) is 0 Å². The van der Waals surface area contributed by atoms with Crippen LogP contribution in [0.1, 0.15) is 30.3 Å². The molecule has 2 aromatic rings. The lowest BCUT2D eigenvalue weighted by Gasteiger charge is -2.19. The van der Waals surface area contributed by atoms with Crippen LogP contribution >= 0.6 is 0 Å². The van der Waals surface area contributed by atoms with Crippen molar-refractivity contribution in [3.05, 3.63) is 36.1 Å². The molecule has 21 heavy (non-hydrogen) atoms.